The largest absolute Gasteiger partial charge is 0.327 e. The molecule has 1 aliphatic carbocycles. The normalized spacial score (nSPS) is 22.6. The van der Waals surface area contributed by atoms with Crippen LogP contribution in [0.1, 0.15) is 51.9 Å². The summed E-state index contributed by atoms with van der Waals surface area (Å²) in [4.78, 5) is 0. The van der Waals surface area contributed by atoms with Crippen LogP contribution in [0.3, 0.4) is 0 Å². The Bertz CT molecular complexity index is 117. The van der Waals surface area contributed by atoms with Crippen molar-refractivity contribution in [3.05, 3.63) is 0 Å². The first-order valence-corrected chi connectivity index (χ1v) is 5.82. The zero-order valence-electron chi connectivity index (χ0n) is 8.89. The van der Waals surface area contributed by atoms with Crippen LogP contribution in [0.4, 0.5) is 0 Å². The molecule has 3 N–H and O–H groups in total. The molecule has 0 heterocycles. The van der Waals surface area contributed by atoms with E-state index in [2.05, 4.69) is 12.2 Å². The highest BCUT2D eigenvalue weighted by Crippen LogP contribution is 2.16. The lowest BCUT2D eigenvalue weighted by molar-refractivity contribution is 0.434. The third kappa shape index (κ3) is 4.63. The van der Waals surface area contributed by atoms with Gasteiger partial charge < -0.3 is 11.1 Å². The predicted octanol–water partition coefficient (Wildman–Crippen LogP) is 2.04. The van der Waals surface area contributed by atoms with E-state index in [1.54, 1.807) is 0 Å². The fourth-order valence-corrected chi connectivity index (χ4v) is 1.95. The molecule has 2 heteroatoms. The Kier molecular flexibility index (Phi) is 5.40. The van der Waals surface area contributed by atoms with Gasteiger partial charge in [-0.3, -0.25) is 0 Å². The molecule has 0 aromatic carbocycles. The van der Waals surface area contributed by atoms with E-state index < -0.39 is 0 Å². The van der Waals surface area contributed by atoms with Crippen molar-refractivity contribution in [2.75, 3.05) is 6.54 Å². The molecular formula is C11H24N2. The maximum Gasteiger partial charge on any atom is 0.0162 e. The summed E-state index contributed by atoms with van der Waals surface area (Å²) in [6.07, 6.45) is 9.46. The molecule has 2 nitrogen and oxygen atoms in total. The summed E-state index contributed by atoms with van der Waals surface area (Å²) in [7, 11) is 0. The molecule has 1 rings (SSSR count). The molecule has 78 valence electrons. The van der Waals surface area contributed by atoms with Crippen LogP contribution in [0.15, 0.2) is 0 Å². The van der Waals surface area contributed by atoms with Crippen LogP contribution in [-0.2, 0) is 0 Å². The highest BCUT2D eigenvalue weighted by atomic mass is 14.9. The van der Waals surface area contributed by atoms with E-state index in [1.807, 2.05) is 0 Å². The van der Waals surface area contributed by atoms with E-state index in [-0.39, 0.29) is 0 Å². The van der Waals surface area contributed by atoms with Crippen LogP contribution in [-0.4, -0.2) is 18.6 Å². The second-order valence-corrected chi connectivity index (χ2v) is 4.27. The van der Waals surface area contributed by atoms with Crippen LogP contribution in [0.25, 0.3) is 0 Å². The summed E-state index contributed by atoms with van der Waals surface area (Å²) in [5, 5.41) is 3.59. The average molecular weight is 184 g/mol. The molecule has 1 saturated carbocycles. The van der Waals surface area contributed by atoms with Crippen LogP contribution >= 0.6 is 0 Å². The quantitative estimate of drug-likeness (QED) is 0.656. The molecule has 0 aromatic rings. The molecule has 0 aliphatic heterocycles. The van der Waals surface area contributed by atoms with E-state index >= 15 is 0 Å². The van der Waals surface area contributed by atoms with E-state index in [4.69, 9.17) is 5.73 Å². The van der Waals surface area contributed by atoms with E-state index in [0.29, 0.717) is 6.04 Å². The zero-order chi connectivity index (χ0) is 9.52. The predicted molar refractivity (Wildman–Crippen MR) is 57.8 cm³/mol. The first kappa shape index (κ1) is 11.0. The minimum atomic E-state index is 0.350. The topological polar surface area (TPSA) is 38.0 Å². The van der Waals surface area contributed by atoms with Crippen molar-refractivity contribution >= 4 is 0 Å². The van der Waals surface area contributed by atoms with Gasteiger partial charge in [0.1, 0.15) is 0 Å². The van der Waals surface area contributed by atoms with E-state index in [9.17, 15) is 0 Å². The monoisotopic (exact) mass is 184 g/mol. The molecule has 0 spiro atoms. The minimum absolute atomic E-state index is 0.350. The lowest BCUT2D eigenvalue weighted by Crippen LogP contribution is -2.39. The second-order valence-electron chi connectivity index (χ2n) is 4.27. The van der Waals surface area contributed by atoms with E-state index in [1.165, 1.54) is 38.5 Å². The molecule has 0 bridgehead atoms. The summed E-state index contributed by atoms with van der Waals surface area (Å²) >= 11 is 0. The summed E-state index contributed by atoms with van der Waals surface area (Å²) in [5.74, 6) is 0. The molecular weight excluding hydrogens is 160 g/mol. The number of nitrogens with two attached hydrogens (primary N) is 1. The van der Waals surface area contributed by atoms with Gasteiger partial charge in [-0.05, 0) is 19.3 Å². The molecule has 1 unspecified atom stereocenters. The fraction of sp³-hybridized carbons (Fsp3) is 1.00. The van der Waals surface area contributed by atoms with Gasteiger partial charge in [-0.25, -0.2) is 0 Å². The Balaban J connectivity index is 2.11. The van der Waals surface area contributed by atoms with Crippen molar-refractivity contribution in [2.45, 2.75) is 64.0 Å². The number of hydrogen-bond donors (Lipinski definition) is 2. The van der Waals surface area contributed by atoms with Gasteiger partial charge in [-0.1, -0.05) is 32.6 Å². The number of nitrogens with one attached hydrogen (secondary N) is 1. The Morgan fingerprint density at radius 1 is 1.23 bits per heavy atom. The smallest absolute Gasteiger partial charge is 0.0162 e. The van der Waals surface area contributed by atoms with Gasteiger partial charge in [0.15, 0.2) is 0 Å². The van der Waals surface area contributed by atoms with Gasteiger partial charge in [0.2, 0.25) is 0 Å². The van der Waals surface area contributed by atoms with Gasteiger partial charge in [0.25, 0.3) is 0 Å². The highest BCUT2D eigenvalue weighted by Gasteiger charge is 2.11. The third-order valence-electron chi connectivity index (χ3n) is 3.05. The van der Waals surface area contributed by atoms with Crippen molar-refractivity contribution in [2.24, 2.45) is 5.73 Å². The second kappa shape index (κ2) is 6.39. The Labute approximate surface area is 82.3 Å². The van der Waals surface area contributed by atoms with Crippen LogP contribution in [0, 0.1) is 0 Å². The molecule has 0 saturated heterocycles. The standard InChI is InChI=1S/C11H24N2/c1-2-10(12)9-13-11-7-5-3-4-6-8-11/h10-11,13H,2-9,12H2,1H3. The molecule has 1 fully saturated rings. The Morgan fingerprint density at radius 3 is 2.38 bits per heavy atom. The van der Waals surface area contributed by atoms with Crippen molar-refractivity contribution < 1.29 is 0 Å². The average Bonchev–Trinajstić information content (AvgIpc) is 2.42. The summed E-state index contributed by atoms with van der Waals surface area (Å²) in [6.45, 7) is 3.15. The maximum absolute atomic E-state index is 5.87. The summed E-state index contributed by atoms with van der Waals surface area (Å²) in [5.41, 5.74) is 5.87. The molecule has 1 aliphatic rings. The number of hydrogen-bond acceptors (Lipinski definition) is 2. The molecule has 1 atom stereocenters. The van der Waals surface area contributed by atoms with Crippen LogP contribution in [0.2, 0.25) is 0 Å². The highest BCUT2D eigenvalue weighted by molar-refractivity contribution is 4.73. The lowest BCUT2D eigenvalue weighted by Gasteiger charge is -2.18. The molecule has 0 radical (unpaired) electrons. The maximum atomic E-state index is 5.87. The van der Waals surface area contributed by atoms with Crippen molar-refractivity contribution in [3.63, 3.8) is 0 Å². The summed E-state index contributed by atoms with van der Waals surface area (Å²) in [6, 6.07) is 1.10. The Morgan fingerprint density at radius 2 is 1.85 bits per heavy atom. The van der Waals surface area contributed by atoms with Gasteiger partial charge in [-0.2, -0.15) is 0 Å². The lowest BCUT2D eigenvalue weighted by atomic mass is 10.1. The molecule has 13 heavy (non-hydrogen) atoms. The summed E-state index contributed by atoms with van der Waals surface area (Å²) < 4.78 is 0. The first-order chi connectivity index (χ1) is 6.33. The number of rotatable bonds is 4. The molecule has 0 amide bonds. The van der Waals surface area contributed by atoms with Crippen LogP contribution in [0.5, 0.6) is 0 Å². The van der Waals surface area contributed by atoms with Crippen molar-refractivity contribution in [1.29, 1.82) is 0 Å². The van der Waals surface area contributed by atoms with Crippen molar-refractivity contribution in [3.8, 4) is 0 Å². The minimum Gasteiger partial charge on any atom is -0.327 e. The zero-order valence-corrected chi connectivity index (χ0v) is 8.89. The van der Waals surface area contributed by atoms with Crippen molar-refractivity contribution in [1.82, 2.24) is 5.32 Å². The fourth-order valence-electron chi connectivity index (χ4n) is 1.95. The third-order valence-corrected chi connectivity index (χ3v) is 3.05. The SMILES string of the molecule is CCC(N)CNC1CCCCCC1. The van der Waals surface area contributed by atoms with Gasteiger partial charge in [0, 0.05) is 18.6 Å². The first-order valence-electron chi connectivity index (χ1n) is 5.82. The molecule has 0 aromatic heterocycles. The van der Waals surface area contributed by atoms with E-state index in [0.717, 1.165) is 19.0 Å². The Hall–Kier alpha value is -0.0800. The van der Waals surface area contributed by atoms with Gasteiger partial charge in [-0.15, -0.1) is 0 Å². The van der Waals surface area contributed by atoms with Gasteiger partial charge >= 0.3 is 0 Å². The van der Waals surface area contributed by atoms with Gasteiger partial charge in [0.05, 0.1) is 0 Å². The van der Waals surface area contributed by atoms with Crippen LogP contribution < -0.4 is 11.1 Å².